The average Bonchev–Trinajstić information content (AvgIpc) is 3.64. The summed E-state index contributed by atoms with van der Waals surface area (Å²) in [4.78, 5) is 8.66. The molecule has 0 saturated carbocycles. The molecule has 8 aromatic rings. The second-order valence-electron chi connectivity index (χ2n) is 13.4. The molecular formula is C49H44IrN2O-2. The molecule has 3 aromatic heterocycles. The number of furan rings is 1. The van der Waals surface area contributed by atoms with E-state index in [0.29, 0.717) is 39.2 Å². The van der Waals surface area contributed by atoms with E-state index in [1.807, 2.05) is 60.7 Å². The molecule has 0 aliphatic rings. The second-order valence-corrected chi connectivity index (χ2v) is 13.4. The van der Waals surface area contributed by atoms with Crippen LogP contribution >= 0.6 is 0 Å². The molecule has 0 N–H and O–H groups in total. The smallest absolute Gasteiger partial charge is 0.120 e. The van der Waals surface area contributed by atoms with Crippen molar-refractivity contribution in [3.63, 3.8) is 0 Å². The van der Waals surface area contributed by atoms with Gasteiger partial charge in [0.05, 0.1) is 5.58 Å². The van der Waals surface area contributed by atoms with Crippen molar-refractivity contribution in [1.29, 1.82) is 0 Å². The molecule has 0 atom stereocenters. The molecule has 0 unspecified atom stereocenters. The topological polar surface area (TPSA) is 38.9 Å². The maximum absolute atomic E-state index is 8.67. The first-order chi connectivity index (χ1) is 30.7. The van der Waals surface area contributed by atoms with Crippen molar-refractivity contribution in [1.82, 2.24) is 9.97 Å². The molecule has 0 amide bonds. The second kappa shape index (κ2) is 15.8. The maximum atomic E-state index is 8.67. The minimum absolute atomic E-state index is 0. The minimum Gasteiger partial charge on any atom is -0.501 e. The van der Waals surface area contributed by atoms with Gasteiger partial charge in [0.2, 0.25) is 0 Å². The summed E-state index contributed by atoms with van der Waals surface area (Å²) in [6, 6.07) is 38.8. The molecule has 53 heavy (non-hydrogen) atoms. The monoisotopic (exact) mass is 883 g/mol. The van der Waals surface area contributed by atoms with Gasteiger partial charge in [-0.05, 0) is 88.7 Å². The van der Waals surface area contributed by atoms with Crippen LogP contribution in [-0.2, 0) is 26.5 Å². The molecule has 0 aliphatic carbocycles. The molecule has 1 radical (unpaired) electrons. The van der Waals surface area contributed by atoms with Crippen LogP contribution in [0.5, 0.6) is 0 Å². The van der Waals surface area contributed by atoms with Crippen LogP contribution in [0, 0.1) is 45.0 Å². The normalized spacial score (nSPS) is 16.4. The number of para-hydroxylation sites is 1. The quantitative estimate of drug-likeness (QED) is 0.162. The summed E-state index contributed by atoms with van der Waals surface area (Å²) in [6.45, 7) is -4.47. The Kier molecular flexibility index (Phi) is 7.02. The van der Waals surface area contributed by atoms with E-state index in [4.69, 9.17) is 23.6 Å². The van der Waals surface area contributed by atoms with Crippen molar-refractivity contribution >= 4 is 21.9 Å². The Bertz CT molecular complexity index is 3040. The van der Waals surface area contributed by atoms with Crippen LogP contribution in [0.15, 0.2) is 132 Å². The number of benzene rings is 5. The van der Waals surface area contributed by atoms with Gasteiger partial charge >= 0.3 is 0 Å². The third-order valence-electron chi connectivity index (χ3n) is 8.40. The fourth-order valence-corrected chi connectivity index (χ4v) is 6.03. The average molecular weight is 883 g/mol. The minimum atomic E-state index is -2.64. The van der Waals surface area contributed by atoms with Gasteiger partial charge in [-0.15, -0.1) is 47.5 Å². The van der Waals surface area contributed by atoms with E-state index in [1.54, 1.807) is 45.0 Å². The van der Waals surface area contributed by atoms with Gasteiger partial charge in [-0.2, -0.15) is 0 Å². The van der Waals surface area contributed by atoms with Crippen molar-refractivity contribution in [3.05, 3.63) is 168 Å². The van der Waals surface area contributed by atoms with Gasteiger partial charge in [-0.3, -0.25) is 0 Å². The van der Waals surface area contributed by atoms with Crippen LogP contribution in [0.25, 0.3) is 66.7 Å². The van der Waals surface area contributed by atoms with Gasteiger partial charge in [-0.25, -0.2) is 0 Å². The van der Waals surface area contributed by atoms with Gasteiger partial charge in [0.1, 0.15) is 5.58 Å². The van der Waals surface area contributed by atoms with Crippen LogP contribution in [0.2, 0.25) is 0 Å². The number of pyridine rings is 2. The van der Waals surface area contributed by atoms with Crippen LogP contribution in [0.1, 0.15) is 67.8 Å². The van der Waals surface area contributed by atoms with Crippen molar-refractivity contribution in [2.45, 2.75) is 54.6 Å². The summed E-state index contributed by atoms with van der Waals surface area (Å²) in [7, 11) is 0. The number of aromatic nitrogens is 2. The van der Waals surface area contributed by atoms with E-state index in [0.717, 1.165) is 16.3 Å². The van der Waals surface area contributed by atoms with E-state index >= 15 is 0 Å². The fraction of sp³-hybridized carbons (Fsp3) is 0.184. The first-order valence-corrected chi connectivity index (χ1v) is 16.7. The summed E-state index contributed by atoms with van der Waals surface area (Å²) in [5.41, 5.74) is 4.51. The van der Waals surface area contributed by atoms with E-state index in [1.165, 1.54) is 42.7 Å². The Morgan fingerprint density at radius 2 is 1.47 bits per heavy atom. The Morgan fingerprint density at radius 3 is 2.23 bits per heavy atom. The number of fused-ring (bicyclic) bond motifs is 3. The largest absolute Gasteiger partial charge is 0.501 e. The maximum Gasteiger partial charge on any atom is 0.120 e. The third kappa shape index (κ3) is 8.41. The number of hydrogen-bond donors (Lipinski definition) is 0. The van der Waals surface area contributed by atoms with Crippen LogP contribution in [-0.4, -0.2) is 9.97 Å². The van der Waals surface area contributed by atoms with Crippen molar-refractivity contribution in [2.24, 2.45) is 5.41 Å². The molecule has 0 saturated heterocycles. The zero-order valence-electron chi connectivity index (χ0n) is 43.3. The van der Waals surface area contributed by atoms with E-state index in [2.05, 4.69) is 22.1 Å². The molecule has 5 aromatic carbocycles. The Balaban J connectivity index is 0.000000238. The molecule has 4 heteroatoms. The first-order valence-electron chi connectivity index (χ1n) is 23.7. The fourth-order valence-electron chi connectivity index (χ4n) is 6.03. The molecule has 0 aliphatic heterocycles. The van der Waals surface area contributed by atoms with Crippen LogP contribution in [0.3, 0.4) is 0 Å². The van der Waals surface area contributed by atoms with Gasteiger partial charge in [0, 0.05) is 57.1 Å². The molecule has 0 bridgehead atoms. The van der Waals surface area contributed by atoms with Gasteiger partial charge in [-0.1, -0.05) is 129 Å². The zero-order chi connectivity index (χ0) is 48.2. The van der Waals surface area contributed by atoms with E-state index in [-0.39, 0.29) is 59.0 Å². The first kappa shape index (κ1) is 23.5. The molecule has 0 fully saturated rings. The van der Waals surface area contributed by atoms with Gasteiger partial charge in [0.25, 0.3) is 0 Å². The van der Waals surface area contributed by atoms with E-state index in [9.17, 15) is 0 Å². The molecule has 267 valence electrons. The number of nitrogens with zero attached hydrogens (tertiary/aromatic N) is 2. The van der Waals surface area contributed by atoms with E-state index < -0.39 is 39.2 Å². The predicted molar refractivity (Wildman–Crippen MR) is 217 cm³/mol. The van der Waals surface area contributed by atoms with Gasteiger partial charge in [0.15, 0.2) is 0 Å². The zero-order valence-corrected chi connectivity index (χ0v) is 31.7. The van der Waals surface area contributed by atoms with Crippen molar-refractivity contribution in [3.8, 4) is 44.8 Å². The summed E-state index contributed by atoms with van der Waals surface area (Å²) < 4.78 is 118. The Morgan fingerprint density at radius 1 is 0.679 bits per heavy atom. The molecular weight excluding hydrogens is 825 g/mol. The predicted octanol–water partition coefficient (Wildman–Crippen LogP) is 13.2. The molecule has 3 nitrogen and oxygen atoms in total. The summed E-state index contributed by atoms with van der Waals surface area (Å²) >= 11 is 0. The van der Waals surface area contributed by atoms with Crippen molar-refractivity contribution in [2.75, 3.05) is 0 Å². The summed E-state index contributed by atoms with van der Waals surface area (Å²) in [6.07, 6.45) is 0.725. The number of aryl methyl sites for hydroxylation is 4. The van der Waals surface area contributed by atoms with Crippen LogP contribution < -0.4 is 0 Å². The number of rotatable bonds is 5. The van der Waals surface area contributed by atoms with Crippen LogP contribution in [0.4, 0.5) is 0 Å². The third-order valence-corrected chi connectivity index (χ3v) is 8.40. The van der Waals surface area contributed by atoms with Gasteiger partial charge < -0.3 is 14.4 Å². The molecule has 3 heterocycles. The SMILES string of the molecule is [2H]C([2H])([2H])c1ccc(-c2[c-]cc(C([2H])([2H])[2H])c(-c3ccccc3)c2)nc1.[2H]C([2H])([2H])c1cnc(-c2[c-]ccc3c2oc2ccccc23)cc1-c1ccc(C([2H])([2H])C(C)(C)C)cc1C([2H])([2H])[2H].[Ir]. The molecule has 8 rings (SSSR count). The summed E-state index contributed by atoms with van der Waals surface area (Å²) in [5, 5.41) is 1.77. The van der Waals surface area contributed by atoms with Crippen molar-refractivity contribution < 1.29 is 43.7 Å². The Labute approximate surface area is 347 Å². The number of hydrogen-bond acceptors (Lipinski definition) is 3. The molecule has 0 spiro atoms. The summed E-state index contributed by atoms with van der Waals surface area (Å²) in [5.74, 6) is 0. The Hall–Kier alpha value is -5.15. The standard InChI is InChI=1S/C30H28NO.C19H16N.Ir/c1-19-15-21(17-30(3,4)5)13-14-22(19)26-16-27(31-18-20(26)2)25-11-8-10-24-23-9-6-7-12-28(23)32-29(24)25;1-14-8-11-19(20-13-14)17-10-9-15(2)18(12-17)16-6-4-3-5-7-16;/h6-10,12-16,18H,17H2,1-5H3;3-9,11-13H,1-2H3;/q2*-1;/i1D3,2D3,17D2;1D3,2D3;.